The molecule has 1 radical (unpaired) electrons. The topological polar surface area (TPSA) is 3.24 Å². The van der Waals surface area contributed by atoms with Crippen LogP contribution in [-0.4, -0.2) is 13.1 Å². The third kappa shape index (κ3) is 1.45. The van der Waals surface area contributed by atoms with E-state index in [0.717, 1.165) is 5.56 Å². The molecule has 2 rings (SSSR count). The minimum absolute atomic E-state index is 1.11. The minimum Gasteiger partial charge on any atom is -0.372 e. The molecule has 0 amide bonds. The Hall–Kier alpha value is -0.980. The van der Waals surface area contributed by atoms with Crippen LogP contribution in [0.15, 0.2) is 24.3 Å². The van der Waals surface area contributed by atoms with Crippen LogP contribution in [0.2, 0.25) is 0 Å². The lowest BCUT2D eigenvalue weighted by Gasteiger charge is -2.17. The Bertz CT molecular complexity index is 261. The number of hydrogen-bond donors (Lipinski definition) is 0. The lowest BCUT2D eigenvalue weighted by molar-refractivity contribution is 0.949. The molecule has 1 aliphatic rings. The van der Waals surface area contributed by atoms with Crippen molar-refractivity contribution >= 4 is 5.69 Å². The summed E-state index contributed by atoms with van der Waals surface area (Å²) in [5.74, 6) is 0. The van der Waals surface area contributed by atoms with E-state index < -0.39 is 0 Å². The lowest BCUT2D eigenvalue weighted by Crippen LogP contribution is -2.17. The smallest absolute Gasteiger partial charge is 0.0368 e. The summed E-state index contributed by atoms with van der Waals surface area (Å²) in [7, 11) is 0. The highest BCUT2D eigenvalue weighted by Gasteiger charge is 2.11. The highest BCUT2D eigenvalue weighted by Crippen LogP contribution is 2.20. The van der Waals surface area contributed by atoms with Gasteiger partial charge in [0.15, 0.2) is 0 Å². The summed E-state index contributed by atoms with van der Waals surface area (Å²) < 4.78 is 0. The van der Waals surface area contributed by atoms with Gasteiger partial charge >= 0.3 is 0 Å². The van der Waals surface area contributed by atoms with Crippen molar-refractivity contribution in [2.24, 2.45) is 0 Å². The Morgan fingerprint density at radius 3 is 2.58 bits per heavy atom. The van der Waals surface area contributed by atoms with Gasteiger partial charge in [-0.3, -0.25) is 0 Å². The zero-order chi connectivity index (χ0) is 8.39. The number of nitrogens with zero attached hydrogens (tertiary/aromatic N) is 1. The van der Waals surface area contributed by atoms with Crippen molar-refractivity contribution in [3.05, 3.63) is 36.8 Å². The van der Waals surface area contributed by atoms with E-state index in [9.17, 15) is 0 Å². The van der Waals surface area contributed by atoms with Crippen molar-refractivity contribution in [2.75, 3.05) is 18.0 Å². The van der Waals surface area contributed by atoms with Gasteiger partial charge in [0.05, 0.1) is 0 Å². The van der Waals surface area contributed by atoms with E-state index in [4.69, 9.17) is 0 Å². The van der Waals surface area contributed by atoms with Crippen LogP contribution in [0.25, 0.3) is 0 Å². The molecular formula is C11H14N. The maximum atomic E-state index is 3.93. The van der Waals surface area contributed by atoms with E-state index in [2.05, 4.69) is 30.0 Å². The Morgan fingerprint density at radius 2 is 1.92 bits per heavy atom. The van der Waals surface area contributed by atoms with Gasteiger partial charge in [-0.2, -0.15) is 0 Å². The summed E-state index contributed by atoms with van der Waals surface area (Å²) in [6.45, 7) is 6.35. The molecular weight excluding hydrogens is 146 g/mol. The van der Waals surface area contributed by atoms with Gasteiger partial charge in [0.25, 0.3) is 0 Å². The van der Waals surface area contributed by atoms with Crippen LogP contribution in [0.1, 0.15) is 18.4 Å². The second-order valence-corrected chi connectivity index (χ2v) is 3.36. The summed E-state index contributed by atoms with van der Waals surface area (Å²) in [5, 5.41) is 0. The van der Waals surface area contributed by atoms with Gasteiger partial charge in [0.2, 0.25) is 0 Å². The zero-order valence-corrected chi connectivity index (χ0v) is 7.29. The maximum Gasteiger partial charge on any atom is 0.0368 e. The molecule has 0 aromatic heterocycles. The van der Waals surface area contributed by atoms with Crippen LogP contribution in [-0.2, 0) is 0 Å². The summed E-state index contributed by atoms with van der Waals surface area (Å²) in [4.78, 5) is 2.43. The third-order valence-corrected chi connectivity index (χ3v) is 2.38. The Labute approximate surface area is 74.0 Å². The van der Waals surface area contributed by atoms with E-state index in [1.807, 2.05) is 6.07 Å². The molecule has 1 aromatic rings. The molecule has 0 saturated carbocycles. The maximum absolute atomic E-state index is 3.93. The van der Waals surface area contributed by atoms with Crippen LogP contribution in [0.5, 0.6) is 0 Å². The highest BCUT2D eigenvalue weighted by molar-refractivity contribution is 5.49. The second-order valence-electron chi connectivity index (χ2n) is 3.36. The van der Waals surface area contributed by atoms with Crippen molar-refractivity contribution in [3.63, 3.8) is 0 Å². The van der Waals surface area contributed by atoms with Gasteiger partial charge in [-0.15, -0.1) is 0 Å². The highest BCUT2D eigenvalue weighted by atomic mass is 15.1. The van der Waals surface area contributed by atoms with E-state index >= 15 is 0 Å². The Kier molecular flexibility index (Phi) is 2.03. The molecule has 1 fully saturated rings. The molecule has 63 valence electrons. The Balaban J connectivity index is 2.21. The summed E-state index contributed by atoms with van der Waals surface area (Å²) in [6, 6.07) is 8.45. The fourth-order valence-electron chi connectivity index (χ4n) is 1.73. The first-order chi connectivity index (χ1) is 5.86. The largest absolute Gasteiger partial charge is 0.372 e. The molecule has 0 spiro atoms. The molecule has 0 aliphatic carbocycles. The van der Waals surface area contributed by atoms with Crippen molar-refractivity contribution in [1.29, 1.82) is 0 Å². The molecule has 0 unspecified atom stereocenters. The lowest BCUT2D eigenvalue weighted by atomic mass is 10.2. The predicted molar refractivity (Wildman–Crippen MR) is 52.3 cm³/mol. The number of benzene rings is 1. The number of hydrogen-bond acceptors (Lipinski definition) is 1. The molecule has 0 N–H and O–H groups in total. The molecule has 0 atom stereocenters. The van der Waals surface area contributed by atoms with Gasteiger partial charge in [-0.05, 0) is 37.5 Å². The Morgan fingerprint density at radius 1 is 1.17 bits per heavy atom. The standard InChI is InChI=1S/C11H14N/c1-10-5-4-6-11(9-10)12-7-2-3-8-12/h4-6,9H,1-3,7-8H2. The van der Waals surface area contributed by atoms with Crippen LogP contribution < -0.4 is 4.90 Å². The quantitative estimate of drug-likeness (QED) is 0.610. The van der Waals surface area contributed by atoms with E-state index in [0.29, 0.717) is 0 Å². The van der Waals surface area contributed by atoms with Crippen LogP contribution in [0.4, 0.5) is 5.69 Å². The van der Waals surface area contributed by atoms with Gasteiger partial charge in [0, 0.05) is 18.8 Å². The fourth-order valence-corrected chi connectivity index (χ4v) is 1.73. The van der Waals surface area contributed by atoms with Crippen molar-refractivity contribution in [3.8, 4) is 0 Å². The average molecular weight is 160 g/mol. The van der Waals surface area contributed by atoms with Gasteiger partial charge < -0.3 is 4.90 Å². The van der Waals surface area contributed by atoms with Gasteiger partial charge in [-0.1, -0.05) is 12.1 Å². The molecule has 1 saturated heterocycles. The summed E-state index contributed by atoms with van der Waals surface area (Å²) in [5.41, 5.74) is 2.44. The molecule has 12 heavy (non-hydrogen) atoms. The van der Waals surface area contributed by atoms with Crippen LogP contribution >= 0.6 is 0 Å². The van der Waals surface area contributed by atoms with Crippen LogP contribution in [0, 0.1) is 6.92 Å². The second kappa shape index (κ2) is 3.18. The van der Waals surface area contributed by atoms with Crippen molar-refractivity contribution < 1.29 is 0 Å². The van der Waals surface area contributed by atoms with E-state index in [-0.39, 0.29) is 0 Å². The average Bonchev–Trinajstić information content (AvgIpc) is 2.56. The number of rotatable bonds is 1. The first kappa shape index (κ1) is 7.66. The first-order valence-corrected chi connectivity index (χ1v) is 4.53. The zero-order valence-electron chi connectivity index (χ0n) is 7.29. The summed E-state index contributed by atoms with van der Waals surface area (Å²) in [6.07, 6.45) is 2.67. The first-order valence-electron chi connectivity index (χ1n) is 4.53. The molecule has 0 bridgehead atoms. The van der Waals surface area contributed by atoms with Gasteiger partial charge in [-0.25, -0.2) is 0 Å². The monoisotopic (exact) mass is 160 g/mol. The minimum atomic E-state index is 1.11. The van der Waals surface area contributed by atoms with Crippen molar-refractivity contribution in [2.45, 2.75) is 12.8 Å². The number of anilines is 1. The van der Waals surface area contributed by atoms with Crippen LogP contribution in [0.3, 0.4) is 0 Å². The fraction of sp³-hybridized carbons (Fsp3) is 0.364. The van der Waals surface area contributed by atoms with E-state index in [1.54, 1.807) is 0 Å². The predicted octanol–water partition coefficient (Wildman–Crippen LogP) is 2.47. The SMILES string of the molecule is [CH2]c1cccc(N2CCCC2)c1. The van der Waals surface area contributed by atoms with Gasteiger partial charge in [0.1, 0.15) is 0 Å². The summed E-state index contributed by atoms with van der Waals surface area (Å²) >= 11 is 0. The van der Waals surface area contributed by atoms with E-state index in [1.165, 1.54) is 31.6 Å². The molecule has 1 heterocycles. The van der Waals surface area contributed by atoms with Crippen molar-refractivity contribution in [1.82, 2.24) is 0 Å². The molecule has 1 aromatic carbocycles. The normalized spacial score (nSPS) is 16.9. The third-order valence-electron chi connectivity index (χ3n) is 2.38. The molecule has 1 aliphatic heterocycles. The molecule has 1 nitrogen and oxygen atoms in total. The molecule has 1 heteroatoms.